The highest BCUT2D eigenvalue weighted by molar-refractivity contribution is 7.98. The summed E-state index contributed by atoms with van der Waals surface area (Å²) in [6.07, 6.45) is 2.28. The van der Waals surface area contributed by atoms with Gasteiger partial charge < -0.3 is 20.4 Å². The minimum atomic E-state index is -3.03. The molecule has 0 radical (unpaired) electrons. The lowest BCUT2D eigenvalue weighted by Gasteiger charge is -2.12. The fourth-order valence-corrected chi connectivity index (χ4v) is 6.11. The Morgan fingerprint density at radius 2 is 2.12 bits per heavy atom. The molecule has 0 bridgehead atoms. The van der Waals surface area contributed by atoms with Crippen molar-refractivity contribution in [1.82, 2.24) is 29.7 Å². The highest BCUT2D eigenvalue weighted by atomic mass is 32.2. The van der Waals surface area contributed by atoms with Gasteiger partial charge in [-0.1, -0.05) is 30.0 Å². The zero-order valence-electron chi connectivity index (χ0n) is 18.0. The molecule has 4 rings (SSSR count). The molecule has 13 heteroatoms. The third-order valence-corrected chi connectivity index (χ3v) is 7.77. The first-order valence-corrected chi connectivity index (χ1v) is 13.0. The van der Waals surface area contributed by atoms with Crippen LogP contribution in [0.5, 0.6) is 5.75 Å². The second kappa shape index (κ2) is 9.75. The van der Waals surface area contributed by atoms with Crippen LogP contribution in [-0.2, 0) is 22.1 Å². The molecular formula is C20H24N8O3S2. The molecular weight excluding hydrogens is 464 g/mol. The number of aromatic nitrogens is 6. The van der Waals surface area contributed by atoms with E-state index in [9.17, 15) is 8.42 Å². The molecule has 3 heterocycles. The second-order valence-corrected chi connectivity index (χ2v) is 10.6. The number of anilines is 3. The fourth-order valence-electron chi connectivity index (χ4n) is 3.56. The van der Waals surface area contributed by atoms with Crippen LogP contribution in [0.1, 0.15) is 24.0 Å². The van der Waals surface area contributed by atoms with Gasteiger partial charge in [0, 0.05) is 12.5 Å². The van der Waals surface area contributed by atoms with Crippen LogP contribution < -0.4 is 15.8 Å². The summed E-state index contributed by atoms with van der Waals surface area (Å²) in [6, 6.07) is 7.40. The molecule has 3 aromatic rings. The van der Waals surface area contributed by atoms with Crippen LogP contribution in [0, 0.1) is 0 Å². The normalized spacial score (nSPS) is 17.1. The molecule has 1 aromatic carbocycles. The number of nitrogens with zero attached hydrogens (tertiary/aromatic N) is 6. The Bertz CT molecular complexity index is 1260. The molecule has 174 valence electrons. The van der Waals surface area contributed by atoms with E-state index in [2.05, 4.69) is 37.0 Å². The molecule has 1 aliphatic rings. The summed E-state index contributed by atoms with van der Waals surface area (Å²) in [4.78, 5) is 12.8. The zero-order valence-corrected chi connectivity index (χ0v) is 19.6. The van der Waals surface area contributed by atoms with Crippen LogP contribution in [0.4, 0.5) is 17.6 Å². The number of allylic oxidation sites excluding steroid dienone is 1. The van der Waals surface area contributed by atoms with E-state index in [0.717, 1.165) is 0 Å². The highest BCUT2D eigenvalue weighted by Crippen LogP contribution is 2.31. The van der Waals surface area contributed by atoms with Crippen molar-refractivity contribution in [3.05, 3.63) is 48.6 Å². The van der Waals surface area contributed by atoms with Crippen molar-refractivity contribution in [1.29, 1.82) is 0 Å². The fraction of sp³-hybridized carbons (Fsp3) is 0.350. The van der Waals surface area contributed by atoms with Crippen LogP contribution in [-0.4, -0.2) is 56.7 Å². The number of hydrogen-bond donors (Lipinski definition) is 2. The molecule has 2 aromatic heterocycles. The molecule has 0 aliphatic carbocycles. The minimum absolute atomic E-state index is 0.0856. The summed E-state index contributed by atoms with van der Waals surface area (Å²) in [5, 5.41) is 12.3. The van der Waals surface area contributed by atoms with Gasteiger partial charge in [0.15, 0.2) is 15.0 Å². The van der Waals surface area contributed by atoms with Crippen LogP contribution in [0.3, 0.4) is 0 Å². The summed E-state index contributed by atoms with van der Waals surface area (Å²) < 4.78 is 31.0. The van der Waals surface area contributed by atoms with Gasteiger partial charge in [-0.25, -0.2) is 8.42 Å². The van der Waals surface area contributed by atoms with Gasteiger partial charge in [-0.15, -0.1) is 16.8 Å². The summed E-state index contributed by atoms with van der Waals surface area (Å²) in [5.41, 5.74) is 6.60. The lowest BCUT2D eigenvalue weighted by Crippen LogP contribution is -2.11. The summed E-state index contributed by atoms with van der Waals surface area (Å²) >= 11 is 1.38. The Hall–Kier alpha value is -3.19. The van der Waals surface area contributed by atoms with Gasteiger partial charge >= 0.3 is 0 Å². The van der Waals surface area contributed by atoms with Crippen LogP contribution in [0.25, 0.3) is 0 Å². The Morgan fingerprint density at radius 3 is 2.85 bits per heavy atom. The van der Waals surface area contributed by atoms with E-state index in [0.29, 0.717) is 52.9 Å². The zero-order chi connectivity index (χ0) is 23.4. The van der Waals surface area contributed by atoms with Gasteiger partial charge in [-0.05, 0) is 18.6 Å². The number of rotatable bonds is 9. The molecule has 1 atom stereocenters. The number of nitrogens with one attached hydrogen (secondary N) is 1. The van der Waals surface area contributed by atoms with E-state index in [-0.39, 0.29) is 23.4 Å². The number of nitrogens with two attached hydrogens (primary N) is 1. The summed E-state index contributed by atoms with van der Waals surface area (Å²) in [5.74, 6) is 2.62. The molecule has 0 spiro atoms. The maximum atomic E-state index is 11.9. The van der Waals surface area contributed by atoms with Crippen LogP contribution in [0.15, 0.2) is 42.1 Å². The maximum absolute atomic E-state index is 11.9. The molecule has 1 aliphatic heterocycles. The number of thioether (sulfide) groups is 1. The third-order valence-electron chi connectivity index (χ3n) is 5.04. The molecule has 0 amide bonds. The van der Waals surface area contributed by atoms with E-state index < -0.39 is 9.84 Å². The van der Waals surface area contributed by atoms with Crippen LogP contribution in [0.2, 0.25) is 0 Å². The number of benzene rings is 1. The number of methoxy groups -OCH3 is 1. The SMILES string of the molecule is C=CCn1c(SCc2nc(N)nc(Nc3ccccc3OC)n2)nnc1[C@H]1CCS(=O)(=O)C1. The van der Waals surface area contributed by atoms with Gasteiger partial charge in [0.2, 0.25) is 11.9 Å². The van der Waals surface area contributed by atoms with Gasteiger partial charge in [-0.3, -0.25) is 0 Å². The van der Waals surface area contributed by atoms with Crippen molar-refractivity contribution in [2.45, 2.75) is 29.8 Å². The Balaban J connectivity index is 1.52. The van der Waals surface area contributed by atoms with Gasteiger partial charge in [0.1, 0.15) is 17.4 Å². The van der Waals surface area contributed by atoms with Crippen molar-refractivity contribution in [3.8, 4) is 5.75 Å². The second-order valence-electron chi connectivity index (χ2n) is 7.39. The van der Waals surface area contributed by atoms with Crippen molar-refractivity contribution in [3.63, 3.8) is 0 Å². The van der Waals surface area contributed by atoms with E-state index in [1.165, 1.54) is 11.8 Å². The van der Waals surface area contributed by atoms with Gasteiger partial charge in [-0.2, -0.15) is 15.0 Å². The molecule has 0 saturated carbocycles. The molecule has 3 N–H and O–H groups in total. The monoisotopic (exact) mass is 488 g/mol. The predicted octanol–water partition coefficient (Wildman–Crippen LogP) is 2.18. The lowest BCUT2D eigenvalue weighted by atomic mass is 10.1. The average Bonchev–Trinajstić information content (AvgIpc) is 3.35. The topological polar surface area (TPSA) is 151 Å². The first-order chi connectivity index (χ1) is 15.9. The maximum Gasteiger partial charge on any atom is 0.232 e. The predicted molar refractivity (Wildman–Crippen MR) is 126 cm³/mol. The highest BCUT2D eigenvalue weighted by Gasteiger charge is 2.33. The van der Waals surface area contributed by atoms with Gasteiger partial charge in [0.25, 0.3) is 0 Å². The molecule has 11 nitrogen and oxygen atoms in total. The van der Waals surface area contributed by atoms with E-state index >= 15 is 0 Å². The number of sulfone groups is 1. The quantitative estimate of drug-likeness (QED) is 0.337. The molecule has 1 fully saturated rings. The first kappa shape index (κ1) is 23.0. The first-order valence-electron chi connectivity index (χ1n) is 10.2. The van der Waals surface area contributed by atoms with E-state index in [1.807, 2.05) is 28.8 Å². The van der Waals surface area contributed by atoms with Crippen molar-refractivity contribution < 1.29 is 13.2 Å². The average molecular weight is 489 g/mol. The van der Waals surface area contributed by atoms with Crippen molar-refractivity contribution >= 4 is 39.2 Å². The molecule has 1 saturated heterocycles. The van der Waals surface area contributed by atoms with E-state index in [1.54, 1.807) is 13.2 Å². The Kier molecular flexibility index (Phi) is 6.79. The van der Waals surface area contributed by atoms with Gasteiger partial charge in [0.05, 0.1) is 30.1 Å². The standard InChI is InChI=1S/C20H24N8O3S2/c1-3-9-28-17(13-8-10-33(29,30)12-13)26-27-20(28)32-11-16-23-18(21)25-19(24-16)22-14-6-4-5-7-15(14)31-2/h3-7,13H,1,8-12H2,2H3,(H3,21,22,23,24,25)/t13-/m0/s1. The largest absolute Gasteiger partial charge is 0.495 e. The number of nitrogen functional groups attached to an aromatic ring is 1. The molecule has 33 heavy (non-hydrogen) atoms. The number of para-hydroxylation sites is 2. The number of hydrogen-bond acceptors (Lipinski definition) is 11. The number of ether oxygens (including phenoxy) is 1. The molecule has 0 unspecified atom stereocenters. The van der Waals surface area contributed by atoms with Crippen molar-refractivity contribution in [2.75, 3.05) is 29.7 Å². The lowest BCUT2D eigenvalue weighted by molar-refractivity contribution is 0.417. The summed E-state index contributed by atoms with van der Waals surface area (Å²) in [7, 11) is -1.45. The van der Waals surface area contributed by atoms with E-state index in [4.69, 9.17) is 10.5 Å². The summed E-state index contributed by atoms with van der Waals surface area (Å²) in [6.45, 7) is 4.27. The Labute approximate surface area is 195 Å². The van der Waals surface area contributed by atoms with Crippen LogP contribution >= 0.6 is 11.8 Å². The van der Waals surface area contributed by atoms with Crippen molar-refractivity contribution in [2.24, 2.45) is 0 Å². The smallest absolute Gasteiger partial charge is 0.232 e. The third kappa shape index (κ3) is 5.42. The minimum Gasteiger partial charge on any atom is -0.495 e. The Morgan fingerprint density at radius 1 is 1.30 bits per heavy atom.